The molecule has 0 aromatic carbocycles. The molecule has 0 amide bonds. The van der Waals surface area contributed by atoms with Crippen molar-refractivity contribution in [2.45, 2.75) is 25.2 Å². The minimum absolute atomic E-state index is 0.154. The fourth-order valence-corrected chi connectivity index (χ4v) is 4.48. The van der Waals surface area contributed by atoms with E-state index in [1.165, 1.54) is 0 Å². The molecule has 1 aromatic heterocycles. The first-order valence-electron chi connectivity index (χ1n) is 5.81. The Morgan fingerprint density at radius 1 is 1.47 bits per heavy atom. The summed E-state index contributed by atoms with van der Waals surface area (Å²) in [5.74, 6) is 0.440. The van der Waals surface area contributed by atoms with Crippen LogP contribution in [0.2, 0.25) is 0 Å². The molecule has 5 heteroatoms. The van der Waals surface area contributed by atoms with Crippen molar-refractivity contribution in [1.29, 1.82) is 0 Å². The van der Waals surface area contributed by atoms with Gasteiger partial charge < -0.3 is 5.73 Å². The molecule has 1 aromatic rings. The smallest absolute Gasteiger partial charge is 0.151 e. The maximum atomic E-state index is 11.8. The zero-order chi connectivity index (χ0) is 12.5. The lowest BCUT2D eigenvalue weighted by Crippen LogP contribution is -2.45. The van der Waals surface area contributed by atoms with E-state index in [4.69, 9.17) is 5.73 Å². The van der Waals surface area contributed by atoms with Crippen LogP contribution in [0.25, 0.3) is 0 Å². The third kappa shape index (κ3) is 2.50. The summed E-state index contributed by atoms with van der Waals surface area (Å²) in [6.45, 7) is 2.27. The highest BCUT2D eigenvalue weighted by atomic mass is 32.2. The van der Waals surface area contributed by atoms with Crippen LogP contribution in [0, 0.1) is 6.92 Å². The highest BCUT2D eigenvalue weighted by Gasteiger charge is 2.39. The number of rotatable bonds is 2. The number of aryl methyl sites for hydroxylation is 1. The number of aromatic nitrogens is 1. The van der Waals surface area contributed by atoms with E-state index >= 15 is 0 Å². The average molecular weight is 254 g/mol. The number of hydrogen-bond acceptors (Lipinski definition) is 4. The fourth-order valence-electron chi connectivity index (χ4n) is 2.48. The van der Waals surface area contributed by atoms with Crippen molar-refractivity contribution in [1.82, 2.24) is 4.98 Å². The molecular weight excluding hydrogens is 236 g/mol. The summed E-state index contributed by atoms with van der Waals surface area (Å²) in [7, 11) is -2.97. The number of nitrogens with zero attached hydrogens (tertiary/aromatic N) is 1. The molecule has 0 saturated carbocycles. The van der Waals surface area contributed by atoms with Gasteiger partial charge in [-0.2, -0.15) is 0 Å². The Bertz CT molecular complexity index is 496. The van der Waals surface area contributed by atoms with Crippen LogP contribution in [-0.2, 0) is 15.3 Å². The fraction of sp³-hybridized carbons (Fsp3) is 0.583. The molecule has 1 aliphatic heterocycles. The van der Waals surface area contributed by atoms with Gasteiger partial charge in [0.2, 0.25) is 0 Å². The van der Waals surface area contributed by atoms with Gasteiger partial charge in [-0.15, -0.1) is 0 Å². The number of pyridine rings is 1. The Kier molecular flexibility index (Phi) is 3.23. The van der Waals surface area contributed by atoms with Crippen molar-refractivity contribution in [2.75, 3.05) is 18.1 Å². The summed E-state index contributed by atoms with van der Waals surface area (Å²) in [6, 6.07) is 3.87. The van der Waals surface area contributed by atoms with Crippen molar-refractivity contribution in [3.05, 3.63) is 29.6 Å². The van der Waals surface area contributed by atoms with E-state index in [1.54, 1.807) is 6.20 Å². The molecule has 1 aliphatic rings. The van der Waals surface area contributed by atoms with E-state index in [9.17, 15) is 8.42 Å². The van der Waals surface area contributed by atoms with E-state index < -0.39 is 15.3 Å². The van der Waals surface area contributed by atoms with Crippen molar-refractivity contribution < 1.29 is 8.42 Å². The highest BCUT2D eigenvalue weighted by Crippen LogP contribution is 2.34. The summed E-state index contributed by atoms with van der Waals surface area (Å²) in [6.07, 6.45) is 3.28. The van der Waals surface area contributed by atoms with Gasteiger partial charge >= 0.3 is 0 Å². The average Bonchev–Trinajstić information content (AvgIpc) is 2.28. The predicted octanol–water partition coefficient (Wildman–Crippen LogP) is 0.795. The van der Waals surface area contributed by atoms with Crippen LogP contribution in [0.5, 0.6) is 0 Å². The van der Waals surface area contributed by atoms with E-state index in [-0.39, 0.29) is 11.5 Å². The summed E-state index contributed by atoms with van der Waals surface area (Å²) in [5, 5.41) is 0. The first kappa shape index (κ1) is 12.5. The molecular formula is C12H18N2O2S. The van der Waals surface area contributed by atoms with Gasteiger partial charge in [0.25, 0.3) is 0 Å². The first-order chi connectivity index (χ1) is 7.97. The van der Waals surface area contributed by atoms with E-state index in [2.05, 4.69) is 4.98 Å². The summed E-state index contributed by atoms with van der Waals surface area (Å²) in [4.78, 5) is 4.24. The quantitative estimate of drug-likeness (QED) is 0.847. The molecule has 0 bridgehead atoms. The number of sulfone groups is 1. The molecule has 0 aliphatic carbocycles. The minimum Gasteiger partial charge on any atom is -0.330 e. The minimum atomic E-state index is -2.97. The lowest BCUT2D eigenvalue weighted by molar-refractivity contribution is 0.417. The van der Waals surface area contributed by atoms with Crippen molar-refractivity contribution in [3.63, 3.8) is 0 Å². The molecule has 1 unspecified atom stereocenters. The second-order valence-corrected chi connectivity index (χ2v) is 7.05. The first-order valence-corrected chi connectivity index (χ1v) is 7.63. The summed E-state index contributed by atoms with van der Waals surface area (Å²) >= 11 is 0. The molecule has 17 heavy (non-hydrogen) atoms. The molecule has 2 rings (SSSR count). The van der Waals surface area contributed by atoms with Crippen LogP contribution >= 0.6 is 0 Å². The Hall–Kier alpha value is -0.940. The predicted molar refractivity (Wildman–Crippen MR) is 67.6 cm³/mol. The van der Waals surface area contributed by atoms with Crippen LogP contribution in [0.4, 0.5) is 0 Å². The normalized spacial score (nSPS) is 27.9. The molecule has 4 nitrogen and oxygen atoms in total. The molecule has 94 valence electrons. The van der Waals surface area contributed by atoms with Crippen molar-refractivity contribution in [3.8, 4) is 0 Å². The molecule has 1 fully saturated rings. The summed E-state index contributed by atoms with van der Waals surface area (Å²) in [5.41, 5.74) is 7.29. The molecule has 1 saturated heterocycles. The number of nitrogens with two attached hydrogens (primary N) is 1. The van der Waals surface area contributed by atoms with E-state index in [1.807, 2.05) is 19.1 Å². The Morgan fingerprint density at radius 2 is 2.24 bits per heavy atom. The van der Waals surface area contributed by atoms with Crippen LogP contribution in [-0.4, -0.2) is 31.5 Å². The van der Waals surface area contributed by atoms with Gasteiger partial charge in [-0.3, -0.25) is 4.98 Å². The maximum Gasteiger partial charge on any atom is 0.151 e. The Morgan fingerprint density at radius 3 is 2.76 bits per heavy atom. The van der Waals surface area contributed by atoms with Gasteiger partial charge in [0, 0.05) is 23.9 Å². The lowest BCUT2D eigenvalue weighted by Gasteiger charge is -2.36. The molecule has 0 spiro atoms. The molecule has 2 N–H and O–H groups in total. The Balaban J connectivity index is 2.40. The van der Waals surface area contributed by atoms with Gasteiger partial charge in [-0.1, -0.05) is 6.07 Å². The van der Waals surface area contributed by atoms with Gasteiger partial charge in [-0.25, -0.2) is 8.42 Å². The molecule has 2 heterocycles. The number of hydrogen-bond donors (Lipinski definition) is 1. The van der Waals surface area contributed by atoms with E-state index in [0.717, 1.165) is 17.7 Å². The van der Waals surface area contributed by atoms with Crippen molar-refractivity contribution in [2.24, 2.45) is 5.73 Å². The van der Waals surface area contributed by atoms with Gasteiger partial charge in [0.1, 0.15) is 0 Å². The zero-order valence-electron chi connectivity index (χ0n) is 10.0. The van der Waals surface area contributed by atoms with Crippen molar-refractivity contribution >= 4 is 9.84 Å². The highest BCUT2D eigenvalue weighted by molar-refractivity contribution is 7.91. The maximum absolute atomic E-state index is 11.8. The lowest BCUT2D eigenvalue weighted by atomic mass is 9.79. The second-order valence-electron chi connectivity index (χ2n) is 4.87. The van der Waals surface area contributed by atoms with Gasteiger partial charge in [0.15, 0.2) is 9.84 Å². The summed E-state index contributed by atoms with van der Waals surface area (Å²) < 4.78 is 23.6. The van der Waals surface area contributed by atoms with Crippen LogP contribution in [0.1, 0.15) is 24.1 Å². The third-order valence-corrected chi connectivity index (χ3v) is 5.42. The topological polar surface area (TPSA) is 73.1 Å². The van der Waals surface area contributed by atoms with Crippen LogP contribution < -0.4 is 5.73 Å². The van der Waals surface area contributed by atoms with Crippen LogP contribution in [0.15, 0.2) is 18.3 Å². The SMILES string of the molecule is Cc1ccc(C2(CN)CCCS(=O)(=O)C2)cn1. The van der Waals surface area contributed by atoms with Crippen LogP contribution in [0.3, 0.4) is 0 Å². The third-order valence-electron chi connectivity index (χ3n) is 3.52. The van der Waals surface area contributed by atoms with Gasteiger partial charge in [0.05, 0.1) is 11.5 Å². The monoisotopic (exact) mass is 254 g/mol. The standard InChI is InChI=1S/C12H18N2O2S/c1-10-3-4-11(7-14-10)12(8-13)5-2-6-17(15,16)9-12/h3-4,7H,2,5-6,8-9,13H2,1H3. The largest absolute Gasteiger partial charge is 0.330 e. The van der Waals surface area contributed by atoms with E-state index in [0.29, 0.717) is 13.0 Å². The second kappa shape index (κ2) is 4.38. The zero-order valence-corrected chi connectivity index (χ0v) is 10.8. The Labute approximate surface area is 102 Å². The van der Waals surface area contributed by atoms with Gasteiger partial charge in [-0.05, 0) is 31.4 Å². The molecule has 1 atom stereocenters. The molecule has 0 radical (unpaired) electrons.